The first-order valence-corrected chi connectivity index (χ1v) is 10.1. The summed E-state index contributed by atoms with van der Waals surface area (Å²) in [6.07, 6.45) is 0.897. The maximum Gasteiger partial charge on any atom is 0.409 e. The number of anilines is 1. The van der Waals surface area contributed by atoms with Crippen LogP contribution in [0.1, 0.15) is 38.4 Å². The van der Waals surface area contributed by atoms with E-state index in [-0.39, 0.29) is 12.5 Å². The number of fused-ring (bicyclic) bond motifs is 1. The van der Waals surface area contributed by atoms with Crippen molar-refractivity contribution in [3.8, 4) is 17.2 Å². The molecule has 0 spiro atoms. The normalized spacial score (nSPS) is 15.1. The molecule has 3 rings (SSSR count). The minimum Gasteiger partial charge on any atom is -0.493 e. The van der Waals surface area contributed by atoms with Crippen molar-refractivity contribution in [1.82, 2.24) is 14.9 Å². The summed E-state index contributed by atoms with van der Waals surface area (Å²) in [5.74, 6) is 2.30. The molecule has 1 saturated heterocycles. The van der Waals surface area contributed by atoms with Gasteiger partial charge in [-0.1, -0.05) is 0 Å². The van der Waals surface area contributed by atoms with E-state index in [4.69, 9.17) is 29.7 Å². The maximum atomic E-state index is 12.2. The van der Waals surface area contributed by atoms with Crippen molar-refractivity contribution in [1.29, 1.82) is 0 Å². The van der Waals surface area contributed by atoms with Crippen LogP contribution in [0.2, 0.25) is 0 Å². The molecule has 1 amide bonds. The van der Waals surface area contributed by atoms with Crippen molar-refractivity contribution in [2.45, 2.75) is 38.2 Å². The number of methoxy groups -OCH3 is 3. The Labute approximate surface area is 181 Å². The highest BCUT2D eigenvalue weighted by atomic mass is 16.6. The number of likely N-dealkylation sites (tertiary alicyclic amines) is 1. The van der Waals surface area contributed by atoms with E-state index in [9.17, 15) is 9.90 Å². The van der Waals surface area contributed by atoms with Gasteiger partial charge in [-0.3, -0.25) is 0 Å². The lowest BCUT2D eigenvalue weighted by Crippen LogP contribution is -2.40. The third kappa shape index (κ3) is 4.84. The van der Waals surface area contributed by atoms with E-state index in [1.54, 1.807) is 24.8 Å². The Hall–Kier alpha value is -3.01. The molecule has 0 aliphatic carbocycles. The number of nitrogen functional groups attached to an aromatic ring is 1. The Morgan fingerprint density at radius 3 is 2.35 bits per heavy atom. The Morgan fingerprint density at radius 2 is 1.81 bits per heavy atom. The predicted octanol–water partition coefficient (Wildman–Crippen LogP) is 2.32. The molecule has 170 valence electrons. The van der Waals surface area contributed by atoms with Crippen LogP contribution in [0.25, 0.3) is 10.9 Å². The minimum absolute atomic E-state index is 0.0304. The van der Waals surface area contributed by atoms with Crippen LogP contribution in [0.5, 0.6) is 17.2 Å². The first-order valence-electron chi connectivity index (χ1n) is 10.1. The van der Waals surface area contributed by atoms with Gasteiger partial charge in [-0.2, -0.15) is 0 Å². The summed E-state index contributed by atoms with van der Waals surface area (Å²) in [5.41, 5.74) is 5.74. The van der Waals surface area contributed by atoms with Crippen LogP contribution in [0.4, 0.5) is 10.6 Å². The first-order chi connectivity index (χ1) is 14.7. The summed E-state index contributed by atoms with van der Waals surface area (Å²) in [6, 6.07) is 1.73. The van der Waals surface area contributed by atoms with Crippen molar-refractivity contribution >= 4 is 22.8 Å². The summed E-state index contributed by atoms with van der Waals surface area (Å²) in [6.45, 7) is 4.13. The zero-order valence-corrected chi connectivity index (χ0v) is 18.6. The second-order valence-corrected chi connectivity index (χ2v) is 8.14. The highest BCUT2D eigenvalue weighted by molar-refractivity contribution is 5.96. The number of nitrogens with two attached hydrogens (primary N) is 1. The number of aliphatic hydroxyl groups is 1. The fraction of sp³-hybridized carbons (Fsp3) is 0.571. The highest BCUT2D eigenvalue weighted by Crippen LogP contribution is 2.44. The average molecular weight is 434 g/mol. The zero-order valence-electron chi connectivity index (χ0n) is 18.6. The molecule has 2 aromatic rings. The molecule has 1 aliphatic heterocycles. The van der Waals surface area contributed by atoms with Crippen molar-refractivity contribution in [3.05, 3.63) is 11.9 Å². The molecule has 0 atom stereocenters. The third-order valence-electron chi connectivity index (χ3n) is 5.21. The van der Waals surface area contributed by atoms with Crippen LogP contribution >= 0.6 is 0 Å². The van der Waals surface area contributed by atoms with Crippen LogP contribution in [-0.2, 0) is 4.74 Å². The molecule has 2 heterocycles. The van der Waals surface area contributed by atoms with E-state index < -0.39 is 11.7 Å². The standard InChI is InChI=1S/C21H30N4O6/c1-21(2,27)11-31-20(26)25-8-6-12(7-9-25)19-23-15-13(18(22)24-19)10-14(28-3)16(29-4)17(15)30-5/h10,12,27H,6-9,11H2,1-5H3,(H2,22,23,24). The van der Waals surface area contributed by atoms with Gasteiger partial charge in [0.15, 0.2) is 11.5 Å². The van der Waals surface area contributed by atoms with E-state index in [0.29, 0.717) is 65.7 Å². The Bertz CT molecular complexity index is 951. The van der Waals surface area contributed by atoms with Gasteiger partial charge in [-0.25, -0.2) is 14.8 Å². The summed E-state index contributed by atoms with van der Waals surface area (Å²) < 4.78 is 21.6. The Morgan fingerprint density at radius 1 is 1.16 bits per heavy atom. The predicted molar refractivity (Wildman–Crippen MR) is 115 cm³/mol. The van der Waals surface area contributed by atoms with Gasteiger partial charge in [0, 0.05) is 19.0 Å². The lowest BCUT2D eigenvalue weighted by Gasteiger charge is -2.31. The van der Waals surface area contributed by atoms with Gasteiger partial charge in [-0.05, 0) is 32.8 Å². The van der Waals surface area contributed by atoms with Crippen LogP contribution in [0, 0.1) is 0 Å². The summed E-state index contributed by atoms with van der Waals surface area (Å²) >= 11 is 0. The monoisotopic (exact) mass is 434 g/mol. The topological polar surface area (TPSA) is 129 Å². The number of piperidine rings is 1. The number of benzene rings is 1. The van der Waals surface area contributed by atoms with E-state index in [1.165, 1.54) is 21.3 Å². The minimum atomic E-state index is -1.06. The fourth-order valence-electron chi connectivity index (χ4n) is 3.60. The van der Waals surface area contributed by atoms with Crippen LogP contribution < -0.4 is 19.9 Å². The van der Waals surface area contributed by atoms with Crippen molar-refractivity contribution in [3.63, 3.8) is 0 Å². The second-order valence-electron chi connectivity index (χ2n) is 8.14. The number of carbonyl (C=O) groups excluding carboxylic acids is 1. The van der Waals surface area contributed by atoms with E-state index in [2.05, 4.69) is 4.98 Å². The van der Waals surface area contributed by atoms with E-state index >= 15 is 0 Å². The largest absolute Gasteiger partial charge is 0.493 e. The molecule has 0 saturated carbocycles. The number of hydrogen-bond acceptors (Lipinski definition) is 9. The lowest BCUT2D eigenvalue weighted by atomic mass is 9.96. The number of hydrogen-bond donors (Lipinski definition) is 2. The number of nitrogens with zero attached hydrogens (tertiary/aromatic N) is 3. The van der Waals surface area contributed by atoms with Gasteiger partial charge in [0.1, 0.15) is 23.8 Å². The van der Waals surface area contributed by atoms with Crippen LogP contribution in [0.15, 0.2) is 6.07 Å². The SMILES string of the molecule is COc1cc2c(N)nc(C3CCN(C(=O)OCC(C)(C)O)CC3)nc2c(OC)c1OC. The number of carbonyl (C=O) groups is 1. The maximum absolute atomic E-state index is 12.2. The Kier molecular flexibility index (Phi) is 6.59. The molecule has 1 fully saturated rings. The molecule has 1 aromatic carbocycles. The van der Waals surface area contributed by atoms with Gasteiger partial charge in [0.2, 0.25) is 5.75 Å². The van der Waals surface area contributed by atoms with Crippen molar-refractivity contribution in [2.24, 2.45) is 0 Å². The number of rotatable bonds is 6. The molecule has 3 N–H and O–H groups in total. The fourth-order valence-corrected chi connectivity index (χ4v) is 3.60. The number of ether oxygens (including phenoxy) is 4. The molecule has 0 radical (unpaired) electrons. The first kappa shape index (κ1) is 22.7. The van der Waals surface area contributed by atoms with Gasteiger partial charge in [0.25, 0.3) is 0 Å². The molecular formula is C21H30N4O6. The van der Waals surface area contributed by atoms with Gasteiger partial charge in [-0.15, -0.1) is 0 Å². The zero-order chi connectivity index (χ0) is 22.8. The molecule has 10 nitrogen and oxygen atoms in total. The molecular weight excluding hydrogens is 404 g/mol. The van der Waals surface area contributed by atoms with Gasteiger partial charge in [0.05, 0.1) is 32.3 Å². The van der Waals surface area contributed by atoms with Gasteiger partial charge >= 0.3 is 6.09 Å². The summed E-state index contributed by atoms with van der Waals surface area (Å²) in [7, 11) is 4.60. The average Bonchev–Trinajstić information content (AvgIpc) is 2.75. The van der Waals surface area contributed by atoms with Crippen LogP contribution in [-0.4, -0.2) is 72.7 Å². The second kappa shape index (κ2) is 9.01. The molecule has 10 heteroatoms. The van der Waals surface area contributed by atoms with Crippen molar-refractivity contribution in [2.75, 3.05) is 46.8 Å². The summed E-state index contributed by atoms with van der Waals surface area (Å²) in [4.78, 5) is 23.1. The molecule has 1 aromatic heterocycles. The molecule has 0 unspecified atom stereocenters. The quantitative estimate of drug-likeness (QED) is 0.703. The lowest BCUT2D eigenvalue weighted by molar-refractivity contribution is -0.00563. The molecule has 0 bridgehead atoms. The summed E-state index contributed by atoms with van der Waals surface area (Å²) in [5, 5.41) is 10.3. The van der Waals surface area contributed by atoms with Crippen molar-refractivity contribution < 1.29 is 28.8 Å². The Balaban J connectivity index is 1.82. The van der Waals surface area contributed by atoms with Gasteiger partial charge < -0.3 is 34.7 Å². The number of amides is 1. The smallest absolute Gasteiger partial charge is 0.409 e. The molecule has 31 heavy (non-hydrogen) atoms. The third-order valence-corrected chi connectivity index (χ3v) is 5.21. The number of aromatic nitrogens is 2. The van der Waals surface area contributed by atoms with E-state index in [0.717, 1.165) is 0 Å². The molecule has 1 aliphatic rings. The van der Waals surface area contributed by atoms with E-state index in [1.807, 2.05) is 0 Å². The van der Waals surface area contributed by atoms with Crippen LogP contribution in [0.3, 0.4) is 0 Å². The highest BCUT2D eigenvalue weighted by Gasteiger charge is 2.29.